The van der Waals surface area contributed by atoms with E-state index in [2.05, 4.69) is 15.6 Å². The number of hydrogen-bond acceptors (Lipinski definition) is 3. The summed E-state index contributed by atoms with van der Waals surface area (Å²) < 4.78 is 0. The molecule has 6 heteroatoms. The highest BCUT2D eigenvalue weighted by atomic mass is 35.5. The number of benzene rings is 1. The third-order valence-corrected chi connectivity index (χ3v) is 2.64. The number of anilines is 2. The highest BCUT2D eigenvalue weighted by Gasteiger charge is 2.07. The van der Waals surface area contributed by atoms with Crippen LogP contribution in [0.2, 0.25) is 5.15 Å². The van der Waals surface area contributed by atoms with Gasteiger partial charge in [0.2, 0.25) is 5.91 Å². The molecule has 0 radical (unpaired) electrons. The Kier molecular flexibility index (Phi) is 4.32. The molecule has 1 heterocycles. The van der Waals surface area contributed by atoms with Crippen LogP contribution in [-0.4, -0.2) is 16.8 Å². The molecular weight excluding hydrogens is 278 g/mol. The van der Waals surface area contributed by atoms with Crippen LogP contribution in [0.5, 0.6) is 0 Å². The van der Waals surface area contributed by atoms with Gasteiger partial charge in [-0.3, -0.25) is 9.59 Å². The Morgan fingerprint density at radius 1 is 1.10 bits per heavy atom. The molecular formula is C14H12ClN3O2. The van der Waals surface area contributed by atoms with Gasteiger partial charge in [0.05, 0.1) is 0 Å². The fraction of sp³-hybridized carbons (Fsp3) is 0.0714. The van der Waals surface area contributed by atoms with Crippen LogP contribution in [0.3, 0.4) is 0 Å². The molecule has 2 amide bonds. The quantitative estimate of drug-likeness (QED) is 0.853. The maximum Gasteiger partial charge on any atom is 0.255 e. The molecule has 0 saturated heterocycles. The Hall–Kier alpha value is -2.40. The molecule has 0 unspecified atom stereocenters. The molecule has 0 spiro atoms. The molecule has 2 N–H and O–H groups in total. The first-order chi connectivity index (χ1) is 9.54. The number of carbonyl (C=O) groups is 2. The Balaban J connectivity index is 2.15. The first kappa shape index (κ1) is 14.0. The third kappa shape index (κ3) is 3.80. The Morgan fingerprint density at radius 2 is 1.85 bits per heavy atom. The van der Waals surface area contributed by atoms with Crippen LogP contribution >= 0.6 is 11.6 Å². The molecule has 0 bridgehead atoms. The monoisotopic (exact) mass is 289 g/mol. The highest BCUT2D eigenvalue weighted by molar-refractivity contribution is 6.29. The van der Waals surface area contributed by atoms with Gasteiger partial charge < -0.3 is 10.6 Å². The number of rotatable bonds is 3. The van der Waals surface area contributed by atoms with Crippen LogP contribution in [0.15, 0.2) is 42.6 Å². The SMILES string of the molecule is CC(=O)Nc1cccc(C(=O)Nc2ccnc(Cl)c2)c1. The number of nitrogens with one attached hydrogen (secondary N) is 2. The van der Waals surface area contributed by atoms with Crippen LogP contribution < -0.4 is 10.6 Å². The van der Waals surface area contributed by atoms with E-state index in [1.807, 2.05) is 0 Å². The van der Waals surface area contributed by atoms with E-state index in [-0.39, 0.29) is 11.8 Å². The summed E-state index contributed by atoms with van der Waals surface area (Å²) >= 11 is 5.75. The van der Waals surface area contributed by atoms with Crippen molar-refractivity contribution in [2.24, 2.45) is 0 Å². The minimum atomic E-state index is -0.292. The summed E-state index contributed by atoms with van der Waals surface area (Å²) in [5.41, 5.74) is 1.56. The molecule has 5 nitrogen and oxygen atoms in total. The number of amides is 2. The number of nitrogens with zero attached hydrogens (tertiary/aromatic N) is 1. The number of halogens is 1. The van der Waals surface area contributed by atoms with Gasteiger partial charge in [0.25, 0.3) is 5.91 Å². The second-order valence-electron chi connectivity index (χ2n) is 4.08. The van der Waals surface area contributed by atoms with E-state index >= 15 is 0 Å². The lowest BCUT2D eigenvalue weighted by molar-refractivity contribution is -0.114. The summed E-state index contributed by atoms with van der Waals surface area (Å²) in [5.74, 6) is -0.483. The first-order valence-corrected chi connectivity index (χ1v) is 6.23. The molecule has 0 saturated carbocycles. The minimum Gasteiger partial charge on any atom is -0.326 e. The van der Waals surface area contributed by atoms with Crippen LogP contribution in [0.1, 0.15) is 17.3 Å². The van der Waals surface area contributed by atoms with Crippen LogP contribution in [-0.2, 0) is 4.79 Å². The second-order valence-corrected chi connectivity index (χ2v) is 4.47. The minimum absolute atomic E-state index is 0.191. The van der Waals surface area contributed by atoms with Crippen molar-refractivity contribution in [1.29, 1.82) is 0 Å². The first-order valence-electron chi connectivity index (χ1n) is 5.85. The van der Waals surface area contributed by atoms with Gasteiger partial charge in [0.1, 0.15) is 5.15 Å². The van der Waals surface area contributed by atoms with Crippen molar-refractivity contribution in [2.75, 3.05) is 10.6 Å². The topological polar surface area (TPSA) is 71.1 Å². The Labute approximate surface area is 121 Å². The summed E-state index contributed by atoms with van der Waals surface area (Å²) in [6, 6.07) is 9.85. The van der Waals surface area contributed by atoms with E-state index in [0.29, 0.717) is 22.1 Å². The Bertz CT molecular complexity index is 658. The number of carbonyl (C=O) groups excluding carboxylic acids is 2. The van der Waals surface area contributed by atoms with Crippen molar-refractivity contribution in [3.8, 4) is 0 Å². The fourth-order valence-corrected chi connectivity index (χ4v) is 1.80. The number of pyridine rings is 1. The normalized spacial score (nSPS) is 9.90. The molecule has 2 aromatic rings. The van der Waals surface area contributed by atoms with Crippen LogP contribution in [0.4, 0.5) is 11.4 Å². The van der Waals surface area contributed by atoms with Gasteiger partial charge in [-0.2, -0.15) is 0 Å². The molecule has 1 aromatic carbocycles. The molecule has 0 aliphatic heterocycles. The smallest absolute Gasteiger partial charge is 0.255 e. The number of hydrogen-bond donors (Lipinski definition) is 2. The van der Waals surface area contributed by atoms with Crippen molar-refractivity contribution >= 4 is 34.8 Å². The zero-order chi connectivity index (χ0) is 14.5. The van der Waals surface area contributed by atoms with Gasteiger partial charge in [-0.25, -0.2) is 4.98 Å². The molecule has 2 rings (SSSR count). The van der Waals surface area contributed by atoms with E-state index in [9.17, 15) is 9.59 Å². The van der Waals surface area contributed by atoms with Crippen LogP contribution in [0, 0.1) is 0 Å². The molecule has 0 aliphatic rings. The average Bonchev–Trinajstić information content (AvgIpc) is 2.38. The standard InChI is InChI=1S/C14H12ClN3O2/c1-9(19)17-11-4-2-3-10(7-11)14(20)18-12-5-6-16-13(15)8-12/h2-8H,1H3,(H,17,19)(H,16,18,20). The van der Waals surface area contributed by atoms with Gasteiger partial charge in [-0.1, -0.05) is 17.7 Å². The van der Waals surface area contributed by atoms with Crippen molar-refractivity contribution in [3.63, 3.8) is 0 Å². The molecule has 0 atom stereocenters. The van der Waals surface area contributed by atoms with E-state index in [0.717, 1.165) is 0 Å². The molecule has 0 aliphatic carbocycles. The number of aromatic nitrogens is 1. The predicted octanol–water partition coefficient (Wildman–Crippen LogP) is 2.95. The molecule has 1 aromatic heterocycles. The van der Waals surface area contributed by atoms with Gasteiger partial charge >= 0.3 is 0 Å². The maximum absolute atomic E-state index is 12.1. The lowest BCUT2D eigenvalue weighted by atomic mass is 10.2. The molecule has 102 valence electrons. The van der Waals surface area contributed by atoms with E-state index in [4.69, 9.17) is 11.6 Å². The third-order valence-electron chi connectivity index (χ3n) is 2.43. The van der Waals surface area contributed by atoms with Crippen molar-refractivity contribution in [2.45, 2.75) is 6.92 Å². The molecule has 0 fully saturated rings. The summed E-state index contributed by atoms with van der Waals surface area (Å²) in [6.45, 7) is 1.41. The lowest BCUT2D eigenvalue weighted by Gasteiger charge is -2.07. The summed E-state index contributed by atoms with van der Waals surface area (Å²) in [6.07, 6.45) is 1.51. The van der Waals surface area contributed by atoms with Gasteiger partial charge in [0.15, 0.2) is 0 Å². The summed E-state index contributed by atoms with van der Waals surface area (Å²) in [5, 5.41) is 5.63. The Morgan fingerprint density at radius 3 is 2.55 bits per heavy atom. The van der Waals surface area contributed by atoms with Crippen molar-refractivity contribution in [3.05, 3.63) is 53.3 Å². The maximum atomic E-state index is 12.1. The molecule has 20 heavy (non-hydrogen) atoms. The lowest BCUT2D eigenvalue weighted by Crippen LogP contribution is -2.13. The van der Waals surface area contributed by atoms with Crippen molar-refractivity contribution < 1.29 is 9.59 Å². The van der Waals surface area contributed by atoms with Gasteiger partial charge in [-0.15, -0.1) is 0 Å². The zero-order valence-corrected chi connectivity index (χ0v) is 11.4. The van der Waals surface area contributed by atoms with E-state index in [1.54, 1.807) is 36.4 Å². The van der Waals surface area contributed by atoms with Crippen molar-refractivity contribution in [1.82, 2.24) is 4.98 Å². The van der Waals surface area contributed by atoms with Crippen LogP contribution in [0.25, 0.3) is 0 Å². The van der Waals surface area contributed by atoms with E-state index in [1.165, 1.54) is 13.1 Å². The van der Waals surface area contributed by atoms with Gasteiger partial charge in [-0.05, 0) is 30.3 Å². The van der Waals surface area contributed by atoms with Gasteiger partial charge in [0, 0.05) is 30.1 Å². The fourth-order valence-electron chi connectivity index (χ4n) is 1.62. The second kappa shape index (κ2) is 6.16. The summed E-state index contributed by atoms with van der Waals surface area (Å²) in [4.78, 5) is 26.9. The summed E-state index contributed by atoms with van der Waals surface area (Å²) in [7, 11) is 0. The predicted molar refractivity (Wildman–Crippen MR) is 77.9 cm³/mol. The highest BCUT2D eigenvalue weighted by Crippen LogP contribution is 2.15. The van der Waals surface area contributed by atoms with E-state index < -0.39 is 0 Å². The zero-order valence-electron chi connectivity index (χ0n) is 10.7. The largest absolute Gasteiger partial charge is 0.326 e. The average molecular weight is 290 g/mol.